The van der Waals surface area contributed by atoms with E-state index in [2.05, 4.69) is 23.2 Å². The zero-order valence-electron chi connectivity index (χ0n) is 15.5. The van der Waals surface area contributed by atoms with Gasteiger partial charge < -0.3 is 9.32 Å². The number of nitrogens with zero attached hydrogens (tertiary/aromatic N) is 2. The summed E-state index contributed by atoms with van der Waals surface area (Å²) in [4.78, 5) is 19.3. The van der Waals surface area contributed by atoms with Gasteiger partial charge in [0.05, 0.1) is 6.54 Å². The maximum Gasteiger partial charge on any atom is 0.258 e. The number of hydrogen-bond donors (Lipinski definition) is 0. The number of anilines is 1. The number of carbonyl (C=O) groups excluding carboxylic acids is 1. The topological polar surface area (TPSA) is 46.3 Å². The van der Waals surface area contributed by atoms with Crippen molar-refractivity contribution >= 4 is 33.5 Å². The molecule has 4 aromatic carbocycles. The molecule has 138 valence electrons. The number of fused-ring (bicyclic) bond motifs is 3. The standard InChI is InChI=1S/C25H16N2O2/c28-25-20-10-4-2-7-17(20)15-27(25)18-12-13-22-23(14-18)29-24(26-22)21-11-5-8-16-6-1-3-9-19(16)21/h1-14H,15H2. The summed E-state index contributed by atoms with van der Waals surface area (Å²) in [6, 6.07) is 27.8. The lowest BCUT2D eigenvalue weighted by atomic mass is 10.0. The molecule has 29 heavy (non-hydrogen) atoms. The molecule has 4 nitrogen and oxygen atoms in total. The van der Waals surface area contributed by atoms with Crippen LogP contribution < -0.4 is 4.90 Å². The van der Waals surface area contributed by atoms with Crippen LogP contribution in [-0.4, -0.2) is 10.9 Å². The van der Waals surface area contributed by atoms with Gasteiger partial charge in [-0.05, 0) is 40.6 Å². The maximum atomic E-state index is 12.8. The van der Waals surface area contributed by atoms with Crippen molar-refractivity contribution in [3.05, 3.63) is 96.1 Å². The minimum atomic E-state index is 0.0220. The Balaban J connectivity index is 1.44. The van der Waals surface area contributed by atoms with Crippen LogP contribution in [0.1, 0.15) is 15.9 Å². The summed E-state index contributed by atoms with van der Waals surface area (Å²) in [7, 11) is 0. The van der Waals surface area contributed by atoms with Gasteiger partial charge in [-0.3, -0.25) is 4.79 Å². The molecule has 1 amide bonds. The van der Waals surface area contributed by atoms with E-state index >= 15 is 0 Å². The van der Waals surface area contributed by atoms with Crippen LogP contribution in [0, 0.1) is 0 Å². The minimum Gasteiger partial charge on any atom is -0.436 e. The molecule has 6 rings (SSSR count). The highest BCUT2D eigenvalue weighted by molar-refractivity contribution is 6.10. The molecule has 0 spiro atoms. The van der Waals surface area contributed by atoms with Gasteiger partial charge >= 0.3 is 0 Å². The number of carbonyl (C=O) groups is 1. The fourth-order valence-corrected chi connectivity index (χ4v) is 4.07. The third-order valence-corrected chi connectivity index (χ3v) is 5.53. The molecule has 0 radical (unpaired) electrons. The van der Waals surface area contributed by atoms with Gasteiger partial charge in [-0.2, -0.15) is 0 Å². The van der Waals surface area contributed by atoms with Crippen LogP contribution in [0.4, 0.5) is 5.69 Å². The Morgan fingerprint density at radius 1 is 0.828 bits per heavy atom. The predicted octanol–water partition coefficient (Wildman–Crippen LogP) is 5.81. The van der Waals surface area contributed by atoms with E-state index in [4.69, 9.17) is 4.42 Å². The van der Waals surface area contributed by atoms with Crippen LogP contribution in [0.2, 0.25) is 0 Å². The van der Waals surface area contributed by atoms with Crippen molar-refractivity contribution in [3.63, 3.8) is 0 Å². The highest BCUT2D eigenvalue weighted by Gasteiger charge is 2.28. The molecule has 0 saturated carbocycles. The first-order chi connectivity index (χ1) is 14.3. The second-order valence-corrected chi connectivity index (χ2v) is 7.25. The highest BCUT2D eigenvalue weighted by atomic mass is 16.3. The fourth-order valence-electron chi connectivity index (χ4n) is 4.07. The summed E-state index contributed by atoms with van der Waals surface area (Å²) in [6.45, 7) is 0.574. The van der Waals surface area contributed by atoms with Crippen molar-refractivity contribution in [2.45, 2.75) is 6.54 Å². The average Bonchev–Trinajstić information content (AvgIpc) is 3.34. The molecule has 0 atom stereocenters. The Labute approximate surface area is 167 Å². The minimum absolute atomic E-state index is 0.0220. The third-order valence-electron chi connectivity index (χ3n) is 5.53. The maximum absolute atomic E-state index is 12.8. The largest absolute Gasteiger partial charge is 0.436 e. The van der Waals surface area contributed by atoms with E-state index in [0.29, 0.717) is 18.0 Å². The zero-order chi connectivity index (χ0) is 19.4. The number of oxazole rings is 1. The molecule has 5 aromatic rings. The van der Waals surface area contributed by atoms with Gasteiger partial charge in [0, 0.05) is 22.9 Å². The smallest absolute Gasteiger partial charge is 0.258 e. The lowest BCUT2D eigenvalue weighted by Crippen LogP contribution is -2.22. The lowest BCUT2D eigenvalue weighted by Gasteiger charge is -2.15. The van der Waals surface area contributed by atoms with E-state index in [1.165, 1.54) is 0 Å². The number of amides is 1. The van der Waals surface area contributed by atoms with Crippen molar-refractivity contribution in [2.24, 2.45) is 0 Å². The van der Waals surface area contributed by atoms with Crippen LogP contribution in [0.3, 0.4) is 0 Å². The second-order valence-electron chi connectivity index (χ2n) is 7.25. The summed E-state index contributed by atoms with van der Waals surface area (Å²) in [5.74, 6) is 0.610. The fraction of sp³-hybridized carbons (Fsp3) is 0.0400. The first-order valence-corrected chi connectivity index (χ1v) is 9.56. The molecule has 0 bridgehead atoms. The molecule has 0 unspecified atom stereocenters. The second kappa shape index (κ2) is 6.04. The summed E-state index contributed by atoms with van der Waals surface area (Å²) in [5.41, 5.74) is 5.05. The predicted molar refractivity (Wildman–Crippen MR) is 114 cm³/mol. The van der Waals surface area contributed by atoms with E-state index in [9.17, 15) is 4.79 Å². The van der Waals surface area contributed by atoms with Crippen LogP contribution in [0.5, 0.6) is 0 Å². The summed E-state index contributed by atoms with van der Waals surface area (Å²) in [5, 5.41) is 2.25. The molecule has 0 saturated heterocycles. The van der Waals surface area contributed by atoms with Crippen molar-refractivity contribution in [2.75, 3.05) is 4.90 Å². The monoisotopic (exact) mass is 376 g/mol. The normalized spacial score (nSPS) is 13.4. The van der Waals surface area contributed by atoms with E-state index in [0.717, 1.165) is 38.7 Å². The molecule has 1 aromatic heterocycles. The SMILES string of the molecule is O=C1c2ccccc2CN1c1ccc2nc(-c3cccc4ccccc34)oc2c1. The summed E-state index contributed by atoms with van der Waals surface area (Å²) < 4.78 is 6.13. The Morgan fingerprint density at radius 2 is 1.62 bits per heavy atom. The molecule has 1 aliphatic rings. The first-order valence-electron chi connectivity index (χ1n) is 9.56. The Hall–Kier alpha value is -3.92. The number of aromatic nitrogens is 1. The van der Waals surface area contributed by atoms with Crippen LogP contribution in [0.25, 0.3) is 33.3 Å². The Kier molecular flexibility index (Phi) is 3.35. The van der Waals surface area contributed by atoms with E-state index in [1.54, 1.807) is 4.90 Å². The first kappa shape index (κ1) is 16.1. The van der Waals surface area contributed by atoms with Gasteiger partial charge in [-0.15, -0.1) is 0 Å². The van der Waals surface area contributed by atoms with Crippen molar-refractivity contribution in [1.29, 1.82) is 0 Å². The molecule has 4 heteroatoms. The van der Waals surface area contributed by atoms with Gasteiger partial charge in [0.15, 0.2) is 5.58 Å². The van der Waals surface area contributed by atoms with Gasteiger partial charge in [-0.1, -0.05) is 54.6 Å². The van der Waals surface area contributed by atoms with E-state index in [1.807, 2.05) is 66.7 Å². The molecule has 0 aliphatic carbocycles. The van der Waals surface area contributed by atoms with Crippen LogP contribution >= 0.6 is 0 Å². The molecule has 2 heterocycles. The van der Waals surface area contributed by atoms with Gasteiger partial charge in [0.2, 0.25) is 5.89 Å². The molecule has 0 N–H and O–H groups in total. The molecule has 1 aliphatic heterocycles. The van der Waals surface area contributed by atoms with Crippen molar-refractivity contribution in [3.8, 4) is 11.5 Å². The van der Waals surface area contributed by atoms with E-state index < -0.39 is 0 Å². The van der Waals surface area contributed by atoms with Crippen molar-refractivity contribution < 1.29 is 9.21 Å². The quantitative estimate of drug-likeness (QED) is 0.391. The Bertz CT molecular complexity index is 1410. The number of rotatable bonds is 2. The van der Waals surface area contributed by atoms with Gasteiger partial charge in [0.25, 0.3) is 5.91 Å². The average molecular weight is 376 g/mol. The number of hydrogen-bond acceptors (Lipinski definition) is 3. The summed E-state index contributed by atoms with van der Waals surface area (Å²) in [6.07, 6.45) is 0. The molecular formula is C25H16N2O2. The zero-order valence-corrected chi connectivity index (χ0v) is 15.5. The van der Waals surface area contributed by atoms with Gasteiger partial charge in [0.1, 0.15) is 5.52 Å². The number of benzene rings is 4. The lowest BCUT2D eigenvalue weighted by molar-refractivity contribution is 0.0996. The van der Waals surface area contributed by atoms with E-state index in [-0.39, 0.29) is 5.91 Å². The van der Waals surface area contributed by atoms with Crippen molar-refractivity contribution in [1.82, 2.24) is 4.98 Å². The summed E-state index contributed by atoms with van der Waals surface area (Å²) >= 11 is 0. The van der Waals surface area contributed by atoms with Crippen LogP contribution in [0.15, 0.2) is 89.3 Å². The third kappa shape index (κ3) is 2.46. The molecule has 0 fully saturated rings. The van der Waals surface area contributed by atoms with Gasteiger partial charge in [-0.25, -0.2) is 4.98 Å². The van der Waals surface area contributed by atoms with Crippen LogP contribution in [-0.2, 0) is 6.54 Å². The Morgan fingerprint density at radius 3 is 2.55 bits per heavy atom. The molecular weight excluding hydrogens is 360 g/mol. The highest BCUT2D eigenvalue weighted by Crippen LogP contribution is 2.34.